The van der Waals surface area contributed by atoms with Crippen molar-refractivity contribution in [3.05, 3.63) is 40.0 Å². The Kier molecular flexibility index (Phi) is 3.77. The summed E-state index contributed by atoms with van der Waals surface area (Å²) in [6.45, 7) is 1.89. The highest BCUT2D eigenvalue weighted by atomic mass is 16.6. The van der Waals surface area contributed by atoms with Gasteiger partial charge in [-0.05, 0) is 43.1 Å². The van der Waals surface area contributed by atoms with E-state index in [0.717, 1.165) is 17.5 Å². The van der Waals surface area contributed by atoms with E-state index in [-0.39, 0.29) is 53.4 Å². The fourth-order valence-electron chi connectivity index (χ4n) is 5.27. The summed E-state index contributed by atoms with van der Waals surface area (Å²) in [4.78, 5) is 36.3. The van der Waals surface area contributed by atoms with Gasteiger partial charge in [-0.25, -0.2) is 0 Å². The van der Waals surface area contributed by atoms with E-state index >= 15 is 0 Å². The van der Waals surface area contributed by atoms with Gasteiger partial charge < -0.3 is 9.84 Å². The number of imide groups is 1. The van der Waals surface area contributed by atoms with E-state index in [2.05, 4.69) is 17.3 Å². The number of phenols is 1. The molecule has 1 N–H and O–H groups in total. The van der Waals surface area contributed by atoms with E-state index in [4.69, 9.17) is 4.74 Å². The Bertz CT molecular complexity index is 966. The molecule has 1 heterocycles. The van der Waals surface area contributed by atoms with Gasteiger partial charge in [0.15, 0.2) is 5.75 Å². The first-order valence-corrected chi connectivity index (χ1v) is 9.66. The zero-order chi connectivity index (χ0) is 20.4. The van der Waals surface area contributed by atoms with Crippen LogP contribution in [0.25, 0.3) is 0 Å². The lowest BCUT2D eigenvalue weighted by Crippen LogP contribution is -2.40. The number of nitrogens with zero attached hydrogens (tertiary/aromatic N) is 3. The maximum absolute atomic E-state index is 12.9. The molecule has 2 amide bonds. The Balaban J connectivity index is 1.45. The topological polar surface area (TPSA) is 122 Å². The van der Waals surface area contributed by atoms with Crippen LogP contribution in [0.2, 0.25) is 0 Å². The minimum atomic E-state index is -0.731. The Morgan fingerprint density at radius 2 is 1.86 bits per heavy atom. The number of ether oxygens (including phenoxy) is 1. The highest BCUT2D eigenvalue weighted by Crippen LogP contribution is 2.65. The first kappa shape index (κ1) is 17.8. The molecule has 0 spiro atoms. The van der Waals surface area contributed by atoms with Crippen LogP contribution in [0.5, 0.6) is 11.5 Å². The summed E-state index contributed by atoms with van der Waals surface area (Å²) in [6.07, 6.45) is 6.46. The number of nitro groups is 1. The molecular weight excluding hydrogens is 378 g/mol. The molecule has 0 aromatic heterocycles. The van der Waals surface area contributed by atoms with Gasteiger partial charge in [-0.1, -0.05) is 12.2 Å². The van der Waals surface area contributed by atoms with Crippen LogP contribution in [-0.4, -0.2) is 39.7 Å². The summed E-state index contributed by atoms with van der Waals surface area (Å²) >= 11 is 0. The van der Waals surface area contributed by atoms with Crippen LogP contribution in [0.1, 0.15) is 18.9 Å². The van der Waals surface area contributed by atoms with Crippen molar-refractivity contribution in [2.75, 3.05) is 6.61 Å². The summed E-state index contributed by atoms with van der Waals surface area (Å²) in [6, 6.07) is 2.51. The van der Waals surface area contributed by atoms with Crippen LogP contribution in [0, 0.1) is 45.6 Å². The normalized spacial score (nSPS) is 33.9. The molecule has 29 heavy (non-hydrogen) atoms. The molecule has 1 aliphatic heterocycles. The summed E-state index contributed by atoms with van der Waals surface area (Å²) < 4.78 is 5.24. The maximum Gasteiger partial charge on any atom is 0.315 e. The number of phenolic OH excluding ortho intramolecular Hbond substituents is 1. The molecule has 1 aromatic carbocycles. The third-order valence-corrected chi connectivity index (χ3v) is 6.54. The number of hydrogen-bond acceptors (Lipinski definition) is 7. The smallest absolute Gasteiger partial charge is 0.315 e. The summed E-state index contributed by atoms with van der Waals surface area (Å²) in [7, 11) is 0. The van der Waals surface area contributed by atoms with Gasteiger partial charge in [-0.2, -0.15) is 10.1 Å². The number of nitro benzene ring substituents is 1. The molecule has 0 unspecified atom stereocenters. The Morgan fingerprint density at radius 1 is 1.24 bits per heavy atom. The van der Waals surface area contributed by atoms with Crippen LogP contribution in [-0.2, 0) is 9.59 Å². The molecule has 9 nitrogen and oxygen atoms in total. The number of hydrazone groups is 1. The van der Waals surface area contributed by atoms with Crippen molar-refractivity contribution >= 4 is 23.7 Å². The van der Waals surface area contributed by atoms with Crippen molar-refractivity contribution in [3.8, 4) is 11.5 Å². The molecule has 0 radical (unpaired) electrons. The molecule has 4 aliphatic carbocycles. The van der Waals surface area contributed by atoms with Gasteiger partial charge in [0, 0.05) is 11.6 Å². The molecule has 2 bridgehead atoms. The summed E-state index contributed by atoms with van der Waals surface area (Å²) in [5, 5.41) is 26.2. The Labute approximate surface area is 165 Å². The molecule has 150 valence electrons. The van der Waals surface area contributed by atoms with Crippen molar-refractivity contribution in [2.45, 2.75) is 13.3 Å². The highest BCUT2D eigenvalue weighted by Gasteiger charge is 2.67. The lowest BCUT2D eigenvalue weighted by Gasteiger charge is -2.37. The van der Waals surface area contributed by atoms with E-state index in [1.165, 1.54) is 12.3 Å². The number of aromatic hydroxyl groups is 1. The Morgan fingerprint density at radius 3 is 2.41 bits per heavy atom. The molecule has 1 aromatic rings. The first-order chi connectivity index (χ1) is 13.9. The van der Waals surface area contributed by atoms with Crippen LogP contribution in [0.3, 0.4) is 0 Å². The van der Waals surface area contributed by atoms with Gasteiger partial charge in [-0.3, -0.25) is 19.7 Å². The average Bonchev–Trinajstić information content (AvgIpc) is 3.47. The highest BCUT2D eigenvalue weighted by molar-refractivity contribution is 6.06. The first-order valence-electron chi connectivity index (χ1n) is 9.66. The van der Waals surface area contributed by atoms with Crippen molar-refractivity contribution in [3.63, 3.8) is 0 Å². The predicted octanol–water partition coefficient (Wildman–Crippen LogP) is 2.09. The van der Waals surface area contributed by atoms with Gasteiger partial charge >= 0.3 is 5.69 Å². The number of benzene rings is 1. The fraction of sp³-hybridized carbons (Fsp3) is 0.450. The molecule has 6 atom stereocenters. The van der Waals surface area contributed by atoms with Crippen LogP contribution in [0.4, 0.5) is 5.69 Å². The van der Waals surface area contributed by atoms with Gasteiger partial charge in [0.25, 0.3) is 11.8 Å². The second kappa shape index (κ2) is 6.13. The van der Waals surface area contributed by atoms with E-state index in [1.807, 2.05) is 0 Å². The molecular formula is C20H19N3O6. The van der Waals surface area contributed by atoms with Gasteiger partial charge in [0.1, 0.15) is 0 Å². The average molecular weight is 397 g/mol. The molecule has 5 aliphatic rings. The van der Waals surface area contributed by atoms with E-state index in [9.17, 15) is 24.8 Å². The van der Waals surface area contributed by atoms with Crippen molar-refractivity contribution in [1.29, 1.82) is 0 Å². The summed E-state index contributed by atoms with van der Waals surface area (Å²) in [5.74, 6) is -0.747. The SMILES string of the molecule is CCOc1cc(/C=N\N2C(=O)[C@@H]3[C@H]4C=C[C@H]([C@H]5C[C@H]45)[C@@H]3C2=O)cc([N+](=O)[O-])c1O. The standard InChI is InChI=1S/C20H19N3O6/c1-2-29-15-6-9(5-14(18(15)24)23(27)28)8-21-22-19(25)16-10-3-4-11(13-7-12(10)13)17(16)20(22)26/h3-6,8,10-13,16-17,24H,2,7H2,1H3/b21-8-/t10-,11+,12-,13-,16+,17-/m1/s1. The zero-order valence-electron chi connectivity index (χ0n) is 15.6. The fourth-order valence-corrected chi connectivity index (χ4v) is 5.27. The monoisotopic (exact) mass is 397 g/mol. The predicted molar refractivity (Wildman–Crippen MR) is 100 cm³/mol. The van der Waals surface area contributed by atoms with Gasteiger partial charge in [0.05, 0.1) is 29.6 Å². The molecule has 6 rings (SSSR count). The minimum absolute atomic E-state index is 0.0572. The number of carbonyl (C=O) groups is 2. The maximum atomic E-state index is 12.9. The third kappa shape index (κ3) is 2.49. The van der Waals surface area contributed by atoms with Crippen LogP contribution >= 0.6 is 0 Å². The lowest BCUT2D eigenvalue weighted by atomic mass is 9.63. The second-order valence-corrected chi connectivity index (χ2v) is 7.96. The number of hydrogen-bond donors (Lipinski definition) is 1. The lowest BCUT2D eigenvalue weighted by molar-refractivity contribution is -0.386. The minimum Gasteiger partial charge on any atom is -0.500 e. The number of rotatable bonds is 5. The number of carbonyl (C=O) groups excluding carboxylic acids is 2. The van der Waals surface area contributed by atoms with Gasteiger partial charge in [-0.15, -0.1) is 0 Å². The van der Waals surface area contributed by atoms with Crippen molar-refractivity contribution in [1.82, 2.24) is 5.01 Å². The molecule has 3 fully saturated rings. The van der Waals surface area contributed by atoms with Crippen molar-refractivity contribution in [2.24, 2.45) is 40.6 Å². The largest absolute Gasteiger partial charge is 0.500 e. The zero-order valence-corrected chi connectivity index (χ0v) is 15.6. The molecule has 2 saturated carbocycles. The van der Waals surface area contributed by atoms with E-state index < -0.39 is 16.4 Å². The molecule has 1 saturated heterocycles. The summed E-state index contributed by atoms with van der Waals surface area (Å²) in [5.41, 5.74) is -0.287. The van der Waals surface area contributed by atoms with Gasteiger partial charge in [0.2, 0.25) is 5.75 Å². The quantitative estimate of drug-likeness (QED) is 0.267. The number of allylic oxidation sites excluding steroid dienone is 2. The van der Waals surface area contributed by atoms with E-state index in [0.29, 0.717) is 11.8 Å². The van der Waals surface area contributed by atoms with Crippen LogP contribution in [0.15, 0.2) is 29.4 Å². The van der Waals surface area contributed by atoms with Crippen molar-refractivity contribution < 1.29 is 24.4 Å². The Hall–Kier alpha value is -3.23. The third-order valence-electron chi connectivity index (χ3n) is 6.54. The molecule has 9 heteroatoms. The number of amides is 2. The van der Waals surface area contributed by atoms with Crippen LogP contribution < -0.4 is 4.74 Å². The second-order valence-electron chi connectivity index (χ2n) is 7.96. The van der Waals surface area contributed by atoms with E-state index in [1.54, 1.807) is 6.92 Å².